The number of halogens is 1. The number of carbonyl (C=O) groups is 1. The third kappa shape index (κ3) is 5.30. The molecule has 2 aromatic rings. The number of benzene rings is 1. The van der Waals surface area contributed by atoms with Gasteiger partial charge in [-0.1, -0.05) is 26.0 Å². The van der Waals surface area contributed by atoms with Crippen LogP contribution < -0.4 is 5.73 Å². The third-order valence-corrected chi connectivity index (χ3v) is 3.55. The Morgan fingerprint density at radius 2 is 1.96 bits per heavy atom. The van der Waals surface area contributed by atoms with E-state index in [0.717, 1.165) is 11.3 Å². The molecule has 0 saturated heterocycles. The highest BCUT2D eigenvalue weighted by Gasteiger charge is 2.21. The number of nitrogens with zero attached hydrogens (tertiary/aromatic N) is 5. The van der Waals surface area contributed by atoms with Crippen molar-refractivity contribution >= 4 is 18.3 Å². The Bertz CT molecular complexity index is 611. The Kier molecular flexibility index (Phi) is 6.65. The molecule has 2 rings (SSSR count). The van der Waals surface area contributed by atoms with Gasteiger partial charge in [-0.05, 0) is 40.1 Å². The molecular weight excluding hydrogens is 316 g/mol. The van der Waals surface area contributed by atoms with Crippen LogP contribution in [0.2, 0.25) is 0 Å². The predicted molar refractivity (Wildman–Crippen MR) is 90.6 cm³/mol. The van der Waals surface area contributed by atoms with E-state index in [1.807, 2.05) is 31.3 Å². The maximum atomic E-state index is 12.3. The summed E-state index contributed by atoms with van der Waals surface area (Å²) in [6, 6.07) is 7.61. The van der Waals surface area contributed by atoms with Crippen LogP contribution in [-0.4, -0.2) is 51.2 Å². The molecule has 23 heavy (non-hydrogen) atoms. The lowest BCUT2D eigenvalue weighted by atomic mass is 9.93. The van der Waals surface area contributed by atoms with E-state index in [1.54, 1.807) is 9.58 Å². The third-order valence-electron chi connectivity index (χ3n) is 3.55. The zero-order chi connectivity index (χ0) is 16.2. The topological polar surface area (TPSA) is 89.9 Å². The maximum Gasteiger partial charge on any atom is 0.226 e. The van der Waals surface area contributed by atoms with Crippen LogP contribution in [0, 0.1) is 5.41 Å². The van der Waals surface area contributed by atoms with Crippen LogP contribution in [0.5, 0.6) is 0 Å². The molecule has 1 heterocycles. The van der Waals surface area contributed by atoms with Crippen molar-refractivity contribution in [2.24, 2.45) is 11.1 Å². The van der Waals surface area contributed by atoms with Crippen LogP contribution in [0.15, 0.2) is 30.6 Å². The normalized spacial score (nSPS) is 11.0. The standard InChI is InChI=1S/C15H22N6O.ClH/c1-15(2,9-16)10-20(3)14(22)8-12-4-6-13(7-5-12)21-11-17-18-19-21;/h4-7,11H,8-10,16H2,1-3H3;1H. The monoisotopic (exact) mass is 338 g/mol. The molecule has 0 bridgehead atoms. The fourth-order valence-electron chi connectivity index (χ4n) is 2.15. The molecule has 0 unspecified atom stereocenters. The molecule has 0 spiro atoms. The van der Waals surface area contributed by atoms with Gasteiger partial charge < -0.3 is 10.6 Å². The molecule has 7 nitrogen and oxygen atoms in total. The van der Waals surface area contributed by atoms with Crippen molar-refractivity contribution in [2.75, 3.05) is 20.1 Å². The molecule has 1 amide bonds. The van der Waals surface area contributed by atoms with Crippen molar-refractivity contribution < 1.29 is 4.79 Å². The average Bonchev–Trinajstić information content (AvgIpc) is 3.02. The lowest BCUT2D eigenvalue weighted by Gasteiger charge is -2.29. The van der Waals surface area contributed by atoms with Crippen LogP contribution in [-0.2, 0) is 11.2 Å². The molecule has 0 atom stereocenters. The van der Waals surface area contributed by atoms with E-state index in [-0.39, 0.29) is 23.7 Å². The summed E-state index contributed by atoms with van der Waals surface area (Å²) in [5, 5.41) is 11.0. The first kappa shape index (κ1) is 19.1. The number of hydrogen-bond acceptors (Lipinski definition) is 5. The summed E-state index contributed by atoms with van der Waals surface area (Å²) in [6.45, 7) is 5.30. The summed E-state index contributed by atoms with van der Waals surface area (Å²) in [5.41, 5.74) is 7.46. The van der Waals surface area contributed by atoms with Gasteiger partial charge in [-0.3, -0.25) is 4.79 Å². The zero-order valence-corrected chi connectivity index (χ0v) is 14.5. The lowest BCUT2D eigenvalue weighted by molar-refractivity contribution is -0.130. The fourth-order valence-corrected chi connectivity index (χ4v) is 2.15. The predicted octanol–water partition coefficient (Wildman–Crippen LogP) is 1.07. The van der Waals surface area contributed by atoms with E-state index in [4.69, 9.17) is 5.73 Å². The van der Waals surface area contributed by atoms with Crippen molar-refractivity contribution in [2.45, 2.75) is 20.3 Å². The first-order valence-electron chi connectivity index (χ1n) is 7.18. The summed E-state index contributed by atoms with van der Waals surface area (Å²) in [5.74, 6) is 0.0803. The minimum atomic E-state index is -0.0750. The highest BCUT2D eigenvalue weighted by molar-refractivity contribution is 5.85. The molecule has 0 radical (unpaired) electrons. The average molecular weight is 339 g/mol. The van der Waals surface area contributed by atoms with E-state index in [0.29, 0.717) is 19.5 Å². The van der Waals surface area contributed by atoms with E-state index in [9.17, 15) is 4.79 Å². The van der Waals surface area contributed by atoms with E-state index >= 15 is 0 Å². The quantitative estimate of drug-likeness (QED) is 0.850. The molecule has 0 aliphatic carbocycles. The second-order valence-electron chi connectivity index (χ2n) is 6.22. The van der Waals surface area contributed by atoms with Gasteiger partial charge in [0.25, 0.3) is 0 Å². The summed E-state index contributed by atoms with van der Waals surface area (Å²) in [4.78, 5) is 14.0. The molecule has 2 N–H and O–H groups in total. The number of aromatic nitrogens is 4. The van der Waals surface area contributed by atoms with E-state index in [2.05, 4.69) is 29.4 Å². The number of carbonyl (C=O) groups excluding carboxylic acids is 1. The van der Waals surface area contributed by atoms with Crippen molar-refractivity contribution in [3.05, 3.63) is 36.2 Å². The Morgan fingerprint density at radius 1 is 1.30 bits per heavy atom. The van der Waals surface area contributed by atoms with Gasteiger partial charge in [-0.25, -0.2) is 4.68 Å². The molecule has 1 aromatic carbocycles. The number of nitrogens with two attached hydrogens (primary N) is 1. The van der Waals surface area contributed by atoms with Crippen molar-refractivity contribution in [1.29, 1.82) is 0 Å². The van der Waals surface area contributed by atoms with Crippen molar-refractivity contribution in [3.63, 3.8) is 0 Å². The smallest absolute Gasteiger partial charge is 0.226 e. The first-order valence-corrected chi connectivity index (χ1v) is 7.18. The second-order valence-corrected chi connectivity index (χ2v) is 6.22. The molecule has 0 aliphatic heterocycles. The molecule has 126 valence electrons. The van der Waals surface area contributed by atoms with Crippen LogP contribution >= 0.6 is 12.4 Å². The SMILES string of the molecule is CN(CC(C)(C)CN)C(=O)Cc1ccc(-n2cnnn2)cc1.Cl. The Morgan fingerprint density at radius 3 is 2.48 bits per heavy atom. The van der Waals surface area contributed by atoms with Gasteiger partial charge in [0.05, 0.1) is 12.1 Å². The summed E-state index contributed by atoms with van der Waals surface area (Å²) in [7, 11) is 1.81. The number of tetrazole rings is 1. The van der Waals surface area contributed by atoms with Gasteiger partial charge in [-0.15, -0.1) is 17.5 Å². The van der Waals surface area contributed by atoms with Crippen molar-refractivity contribution in [3.8, 4) is 5.69 Å². The highest BCUT2D eigenvalue weighted by Crippen LogP contribution is 2.15. The van der Waals surface area contributed by atoms with Gasteiger partial charge in [0.15, 0.2) is 0 Å². The van der Waals surface area contributed by atoms with Gasteiger partial charge in [0.1, 0.15) is 6.33 Å². The van der Waals surface area contributed by atoms with Crippen LogP contribution in [0.1, 0.15) is 19.4 Å². The Labute approximate surface area is 142 Å². The zero-order valence-electron chi connectivity index (χ0n) is 13.6. The van der Waals surface area contributed by atoms with Gasteiger partial charge in [0.2, 0.25) is 5.91 Å². The van der Waals surface area contributed by atoms with Crippen LogP contribution in [0.4, 0.5) is 0 Å². The Balaban J connectivity index is 0.00000264. The van der Waals surface area contributed by atoms with E-state index in [1.165, 1.54) is 6.33 Å². The summed E-state index contributed by atoms with van der Waals surface area (Å²) >= 11 is 0. The van der Waals surface area contributed by atoms with Crippen LogP contribution in [0.3, 0.4) is 0 Å². The minimum Gasteiger partial charge on any atom is -0.345 e. The molecule has 0 saturated carbocycles. The molecule has 0 fully saturated rings. The lowest BCUT2D eigenvalue weighted by Crippen LogP contribution is -2.40. The number of rotatable bonds is 6. The number of hydrogen-bond donors (Lipinski definition) is 1. The molecule has 0 aliphatic rings. The minimum absolute atomic E-state index is 0. The molecular formula is C15H23ClN6O. The van der Waals surface area contributed by atoms with Gasteiger partial charge in [0, 0.05) is 13.6 Å². The van der Waals surface area contributed by atoms with Crippen molar-refractivity contribution in [1.82, 2.24) is 25.1 Å². The maximum absolute atomic E-state index is 12.3. The Hall–Kier alpha value is -1.99. The first-order chi connectivity index (χ1) is 10.4. The highest BCUT2D eigenvalue weighted by atomic mass is 35.5. The molecule has 1 aromatic heterocycles. The summed E-state index contributed by atoms with van der Waals surface area (Å²) < 4.78 is 1.57. The number of amides is 1. The largest absolute Gasteiger partial charge is 0.345 e. The van der Waals surface area contributed by atoms with Gasteiger partial charge >= 0.3 is 0 Å². The molecule has 8 heteroatoms. The van der Waals surface area contributed by atoms with E-state index < -0.39 is 0 Å². The van der Waals surface area contributed by atoms with Crippen LogP contribution in [0.25, 0.3) is 5.69 Å². The van der Waals surface area contributed by atoms with Gasteiger partial charge in [-0.2, -0.15) is 0 Å². The summed E-state index contributed by atoms with van der Waals surface area (Å²) in [6.07, 6.45) is 1.90. The number of likely N-dealkylation sites (N-methyl/N-ethyl adjacent to an activating group) is 1. The second kappa shape index (κ2) is 8.03. The fraction of sp³-hybridized carbons (Fsp3) is 0.467.